The second-order valence-electron chi connectivity index (χ2n) is 10.4. The highest BCUT2D eigenvalue weighted by molar-refractivity contribution is 7.92. The van der Waals surface area contributed by atoms with Crippen LogP contribution in [0.3, 0.4) is 0 Å². The molecule has 2 N–H and O–H groups in total. The first-order chi connectivity index (χ1) is 21.0. The van der Waals surface area contributed by atoms with E-state index >= 15 is 0 Å². The van der Waals surface area contributed by atoms with E-state index in [4.69, 9.17) is 4.42 Å². The van der Waals surface area contributed by atoms with Crippen molar-refractivity contribution in [1.29, 1.82) is 0 Å². The predicted molar refractivity (Wildman–Crippen MR) is 164 cm³/mol. The van der Waals surface area contributed by atoms with E-state index in [1.807, 2.05) is 12.1 Å². The molecule has 0 bridgehead atoms. The van der Waals surface area contributed by atoms with E-state index in [2.05, 4.69) is 15.3 Å². The summed E-state index contributed by atoms with van der Waals surface area (Å²) < 4.78 is 63.0. The van der Waals surface area contributed by atoms with E-state index in [9.17, 15) is 22.0 Å². The molecule has 0 aliphatic heterocycles. The first kappa shape index (κ1) is 27.5. The van der Waals surface area contributed by atoms with Crippen LogP contribution in [0.1, 0.15) is 10.4 Å². The number of sulfonamides is 1. The van der Waals surface area contributed by atoms with Crippen LogP contribution in [0.15, 0.2) is 83.4 Å². The number of amides is 1. The molecule has 220 valence electrons. The molecule has 0 radical (unpaired) electrons. The minimum Gasteiger partial charge on any atom is -0.455 e. The van der Waals surface area contributed by atoms with E-state index in [1.54, 1.807) is 40.9 Å². The van der Waals surface area contributed by atoms with Crippen LogP contribution < -0.4 is 14.0 Å². The maximum Gasteiger partial charge on any atom is 0.353 e. The van der Waals surface area contributed by atoms with Crippen LogP contribution in [0.4, 0.5) is 14.5 Å². The number of pyridine rings is 2. The number of halogens is 2. The quantitative estimate of drug-likeness (QED) is 0.247. The molecule has 0 saturated carbocycles. The molecule has 0 unspecified atom stereocenters. The molecule has 9 nitrogen and oxygen atoms in total. The Bertz CT molecular complexity index is 2420. The van der Waals surface area contributed by atoms with Gasteiger partial charge in [0.2, 0.25) is 21.1 Å². The number of hydrogen-bond donors (Lipinski definition) is 2. The van der Waals surface area contributed by atoms with Gasteiger partial charge in [-0.25, -0.2) is 17.2 Å². The third-order valence-electron chi connectivity index (χ3n) is 7.76. The Balaban J connectivity index is 1.54. The molecular formula is C32H24F2N5O4S+. The van der Waals surface area contributed by atoms with E-state index in [0.717, 1.165) is 15.9 Å². The van der Waals surface area contributed by atoms with Crippen LogP contribution in [-0.4, -0.2) is 44.6 Å². The Morgan fingerprint density at radius 1 is 1.05 bits per heavy atom. The molecule has 4 heterocycles. The fraction of sp³-hybridized carbons (Fsp3) is 0.0938. The maximum atomic E-state index is 14.8. The van der Waals surface area contributed by atoms with Crippen molar-refractivity contribution in [3.05, 3.63) is 96.2 Å². The van der Waals surface area contributed by atoms with Crippen molar-refractivity contribution < 1.29 is 30.8 Å². The predicted octanol–water partition coefficient (Wildman–Crippen LogP) is 5.57. The molecule has 0 atom stereocenters. The molecule has 0 aliphatic carbocycles. The van der Waals surface area contributed by atoms with E-state index in [0.29, 0.717) is 44.4 Å². The smallest absolute Gasteiger partial charge is 0.353 e. The van der Waals surface area contributed by atoms with Crippen LogP contribution >= 0.6 is 0 Å². The standard InChI is InChI=1S/C32H23F2N5O4S/c1-35-32(40)27-21-15-20(25(38(2)44(3,41)42)16-26(21)43-30(27)18-7-10-19(33)11-8-18)23-12-9-17-13-14-39-29-22(34)5-4-6-24(29)37-31(39)28(17)36-23/h4-16H,1-3H3,(H,35,40)/p+1. The third kappa shape index (κ3) is 4.25. The van der Waals surface area contributed by atoms with Crippen LogP contribution in [-0.2, 0) is 10.0 Å². The van der Waals surface area contributed by atoms with Gasteiger partial charge >= 0.3 is 5.65 Å². The van der Waals surface area contributed by atoms with E-state index in [-0.39, 0.29) is 22.6 Å². The number of hydrogen-bond acceptors (Lipinski definition) is 5. The molecule has 0 aliphatic rings. The maximum absolute atomic E-state index is 14.8. The Labute approximate surface area is 249 Å². The average Bonchev–Trinajstić information content (AvgIpc) is 3.58. The molecule has 44 heavy (non-hydrogen) atoms. The Hall–Kier alpha value is -5.36. The van der Waals surface area contributed by atoms with Gasteiger partial charge in [-0.15, -0.1) is 0 Å². The zero-order valence-electron chi connectivity index (χ0n) is 23.6. The summed E-state index contributed by atoms with van der Waals surface area (Å²) >= 11 is 0. The largest absolute Gasteiger partial charge is 0.455 e. The van der Waals surface area contributed by atoms with Crippen molar-refractivity contribution in [2.75, 3.05) is 24.7 Å². The minimum atomic E-state index is -3.74. The number of aromatic nitrogens is 3. The van der Waals surface area contributed by atoms with Crippen LogP contribution in [0, 0.1) is 11.6 Å². The number of benzene rings is 3. The fourth-order valence-corrected chi connectivity index (χ4v) is 6.02. The van der Waals surface area contributed by atoms with Crippen molar-refractivity contribution in [2.24, 2.45) is 0 Å². The number of anilines is 1. The van der Waals surface area contributed by atoms with Crippen LogP contribution in [0.2, 0.25) is 0 Å². The zero-order chi connectivity index (χ0) is 30.9. The van der Waals surface area contributed by atoms with Gasteiger partial charge < -0.3 is 14.7 Å². The number of nitrogens with zero attached hydrogens (tertiary/aromatic N) is 3. The highest BCUT2D eigenvalue weighted by Crippen LogP contribution is 2.41. The summed E-state index contributed by atoms with van der Waals surface area (Å²) in [5, 5.41) is 3.85. The second kappa shape index (κ2) is 9.85. The summed E-state index contributed by atoms with van der Waals surface area (Å²) in [7, 11) is -0.825. The molecule has 12 heteroatoms. The van der Waals surface area contributed by atoms with Crippen molar-refractivity contribution in [1.82, 2.24) is 15.3 Å². The molecule has 7 aromatic rings. The molecule has 3 aromatic carbocycles. The summed E-state index contributed by atoms with van der Waals surface area (Å²) in [5.41, 5.74) is 4.09. The topological polar surface area (TPSA) is 112 Å². The molecule has 0 spiro atoms. The number of nitrogens with one attached hydrogen (secondary N) is 2. The van der Waals surface area contributed by atoms with Crippen LogP contribution in [0.5, 0.6) is 0 Å². The summed E-state index contributed by atoms with van der Waals surface area (Å²) in [6.45, 7) is 0. The summed E-state index contributed by atoms with van der Waals surface area (Å²) in [4.78, 5) is 21.3. The van der Waals surface area contributed by atoms with Gasteiger partial charge in [-0.1, -0.05) is 12.1 Å². The lowest BCUT2D eigenvalue weighted by Gasteiger charge is -2.20. The van der Waals surface area contributed by atoms with Crippen molar-refractivity contribution in [2.45, 2.75) is 0 Å². The Morgan fingerprint density at radius 3 is 2.55 bits per heavy atom. The van der Waals surface area contributed by atoms with Gasteiger partial charge in [0.1, 0.15) is 22.7 Å². The summed E-state index contributed by atoms with van der Waals surface area (Å²) in [5.74, 6) is -1.08. The van der Waals surface area contributed by atoms with Gasteiger partial charge in [-0.3, -0.25) is 9.10 Å². The third-order valence-corrected chi connectivity index (χ3v) is 8.95. The molecule has 4 aromatic heterocycles. The zero-order valence-corrected chi connectivity index (χ0v) is 24.5. The van der Waals surface area contributed by atoms with Gasteiger partial charge in [-0.05, 0) is 59.6 Å². The lowest BCUT2D eigenvalue weighted by Crippen LogP contribution is -2.25. The number of rotatable bonds is 5. The lowest BCUT2D eigenvalue weighted by atomic mass is 10.0. The molecule has 1 amide bonds. The molecule has 0 fully saturated rings. The number of fused-ring (bicyclic) bond motifs is 6. The fourth-order valence-electron chi connectivity index (χ4n) is 5.51. The number of carbonyl (C=O) groups excluding carboxylic acids is 1. The first-order valence-electron chi connectivity index (χ1n) is 13.5. The number of furan rings is 1. The van der Waals surface area contributed by atoms with E-state index in [1.165, 1.54) is 44.4 Å². The number of imidazole rings is 1. The molecule has 7 rings (SSSR count). The summed E-state index contributed by atoms with van der Waals surface area (Å²) in [6, 6.07) is 19.0. The highest BCUT2D eigenvalue weighted by Gasteiger charge is 2.27. The number of H-pyrrole nitrogens is 1. The monoisotopic (exact) mass is 612 g/mol. The highest BCUT2D eigenvalue weighted by atomic mass is 32.2. The van der Waals surface area contributed by atoms with Gasteiger partial charge in [0.15, 0.2) is 5.82 Å². The Morgan fingerprint density at radius 2 is 1.82 bits per heavy atom. The van der Waals surface area contributed by atoms with E-state index < -0.39 is 27.6 Å². The van der Waals surface area contributed by atoms with Gasteiger partial charge in [0, 0.05) is 47.8 Å². The average molecular weight is 613 g/mol. The second-order valence-corrected chi connectivity index (χ2v) is 12.4. The lowest BCUT2D eigenvalue weighted by molar-refractivity contribution is -0.481. The summed E-state index contributed by atoms with van der Waals surface area (Å²) in [6.07, 6.45) is 2.83. The van der Waals surface area contributed by atoms with Crippen molar-refractivity contribution >= 4 is 60.2 Å². The molecular weight excluding hydrogens is 588 g/mol. The van der Waals surface area contributed by atoms with Crippen LogP contribution in [0.25, 0.3) is 61.1 Å². The van der Waals surface area contributed by atoms with Crippen molar-refractivity contribution in [3.8, 4) is 22.6 Å². The number of carbonyl (C=O) groups is 1. The van der Waals surface area contributed by atoms with Gasteiger partial charge in [0.05, 0.1) is 23.7 Å². The minimum absolute atomic E-state index is 0.208. The SMILES string of the molecule is CNC(=O)c1c(-c2ccc(F)cc2)oc2cc(N(C)S(C)(=O)=O)c(-c3ccc4cc[n+]5c(nc6cccc(F)c65)c4[nH]3)cc12. The number of para-hydroxylation sites is 1. The van der Waals surface area contributed by atoms with Gasteiger partial charge in [-0.2, -0.15) is 4.40 Å². The first-order valence-corrected chi connectivity index (χ1v) is 15.3. The van der Waals surface area contributed by atoms with Gasteiger partial charge in [0.25, 0.3) is 5.91 Å². The van der Waals surface area contributed by atoms with Crippen molar-refractivity contribution in [3.63, 3.8) is 0 Å². The Kier molecular flexibility index (Phi) is 6.15. The normalized spacial score (nSPS) is 12.0. The number of aromatic amines is 1. The molecule has 0 saturated heterocycles.